The van der Waals surface area contributed by atoms with Gasteiger partial charge in [-0.3, -0.25) is 0 Å². The number of aromatic nitrogens is 2. The Balaban J connectivity index is 1.53. The van der Waals surface area contributed by atoms with Gasteiger partial charge < -0.3 is 9.72 Å². The van der Waals surface area contributed by atoms with Crippen molar-refractivity contribution < 1.29 is 4.74 Å². The summed E-state index contributed by atoms with van der Waals surface area (Å²) < 4.78 is 6.97. The van der Waals surface area contributed by atoms with Gasteiger partial charge in [-0.25, -0.2) is 4.98 Å². The highest BCUT2D eigenvalue weighted by Crippen LogP contribution is 2.40. The Kier molecular flexibility index (Phi) is 3.86. The van der Waals surface area contributed by atoms with E-state index in [1.165, 1.54) is 15.5 Å². The van der Waals surface area contributed by atoms with Crippen LogP contribution in [0.3, 0.4) is 0 Å². The molecule has 0 spiro atoms. The zero-order valence-corrected chi connectivity index (χ0v) is 17.2. The predicted octanol–water partition coefficient (Wildman–Crippen LogP) is 7.27. The summed E-state index contributed by atoms with van der Waals surface area (Å²) in [7, 11) is 1.72. The van der Waals surface area contributed by atoms with Gasteiger partial charge in [-0.15, -0.1) is 11.3 Å². The molecule has 6 aromatic rings. The minimum atomic E-state index is 0.833. The fourth-order valence-corrected chi connectivity index (χ4v) is 5.13. The summed E-state index contributed by atoms with van der Waals surface area (Å²) in [5.41, 5.74) is 6.62. The second kappa shape index (κ2) is 6.71. The third-order valence-electron chi connectivity index (χ3n) is 5.58. The largest absolute Gasteiger partial charge is 0.496 e. The maximum absolute atomic E-state index is 5.79. The van der Waals surface area contributed by atoms with Crippen molar-refractivity contribution in [2.45, 2.75) is 0 Å². The average molecular weight is 407 g/mol. The van der Waals surface area contributed by atoms with Crippen LogP contribution in [0.4, 0.5) is 0 Å². The molecule has 0 unspecified atom stereocenters. The molecule has 0 aliphatic rings. The van der Waals surface area contributed by atoms with E-state index in [2.05, 4.69) is 71.7 Å². The number of fused-ring (bicyclic) bond motifs is 4. The van der Waals surface area contributed by atoms with Crippen molar-refractivity contribution in [3.8, 4) is 27.4 Å². The standard InChI is InChI=1S/C26H18N2OS/c1-29-23-15-16(13-14-20(23)26-28-22-11-4-5-12-24(22)30-26)17-8-6-9-19-18-7-2-3-10-21(18)27-25(17)19/h2-15,27H,1H3. The summed E-state index contributed by atoms with van der Waals surface area (Å²) >= 11 is 1.69. The molecule has 0 aliphatic carbocycles. The van der Waals surface area contributed by atoms with E-state index in [1.807, 2.05) is 18.2 Å². The first-order chi connectivity index (χ1) is 14.8. The number of nitrogens with one attached hydrogen (secondary N) is 1. The van der Waals surface area contributed by atoms with Gasteiger partial charge in [-0.1, -0.05) is 54.6 Å². The van der Waals surface area contributed by atoms with Gasteiger partial charge in [0.15, 0.2) is 0 Å². The van der Waals surface area contributed by atoms with Crippen LogP contribution in [0.1, 0.15) is 0 Å². The quantitative estimate of drug-likeness (QED) is 0.335. The Hall–Kier alpha value is -3.63. The van der Waals surface area contributed by atoms with Crippen LogP contribution >= 0.6 is 11.3 Å². The fraction of sp³-hybridized carbons (Fsp3) is 0.0385. The van der Waals surface area contributed by atoms with Gasteiger partial charge in [-0.05, 0) is 35.9 Å². The number of thiazole rings is 1. The number of benzene rings is 4. The van der Waals surface area contributed by atoms with Gasteiger partial charge in [0.2, 0.25) is 0 Å². The smallest absolute Gasteiger partial charge is 0.129 e. The monoisotopic (exact) mass is 406 g/mol. The highest BCUT2D eigenvalue weighted by molar-refractivity contribution is 7.21. The number of aromatic amines is 1. The predicted molar refractivity (Wildman–Crippen MR) is 126 cm³/mol. The molecule has 2 aromatic heterocycles. The van der Waals surface area contributed by atoms with Gasteiger partial charge in [0, 0.05) is 21.9 Å². The van der Waals surface area contributed by atoms with Crippen molar-refractivity contribution in [3.63, 3.8) is 0 Å². The molecule has 144 valence electrons. The van der Waals surface area contributed by atoms with Gasteiger partial charge in [0.05, 0.1) is 28.4 Å². The highest BCUT2D eigenvalue weighted by atomic mass is 32.1. The Bertz CT molecular complexity index is 1510. The first-order valence-corrected chi connectivity index (χ1v) is 10.7. The van der Waals surface area contributed by atoms with Crippen LogP contribution in [0.25, 0.3) is 53.7 Å². The van der Waals surface area contributed by atoms with E-state index in [0.29, 0.717) is 0 Å². The average Bonchev–Trinajstić information content (AvgIpc) is 3.40. The number of rotatable bonds is 3. The molecule has 0 saturated heterocycles. The molecule has 2 heterocycles. The number of para-hydroxylation sites is 3. The maximum atomic E-state index is 5.79. The Morgan fingerprint density at radius 2 is 1.63 bits per heavy atom. The lowest BCUT2D eigenvalue weighted by Gasteiger charge is -2.10. The Morgan fingerprint density at radius 3 is 2.53 bits per heavy atom. The number of nitrogens with zero attached hydrogens (tertiary/aromatic N) is 1. The number of ether oxygens (including phenoxy) is 1. The first-order valence-electron chi connectivity index (χ1n) is 9.85. The van der Waals surface area contributed by atoms with Gasteiger partial charge in [0.25, 0.3) is 0 Å². The maximum Gasteiger partial charge on any atom is 0.129 e. The molecule has 0 amide bonds. The summed E-state index contributed by atoms with van der Waals surface area (Å²) in [6.07, 6.45) is 0. The zero-order valence-electron chi connectivity index (χ0n) is 16.3. The normalized spacial score (nSPS) is 11.5. The van der Waals surface area contributed by atoms with Crippen molar-refractivity contribution in [3.05, 3.63) is 84.9 Å². The van der Waals surface area contributed by atoms with Crippen LogP contribution in [0.2, 0.25) is 0 Å². The van der Waals surface area contributed by atoms with E-state index in [9.17, 15) is 0 Å². The first kappa shape index (κ1) is 17.2. The van der Waals surface area contributed by atoms with E-state index < -0.39 is 0 Å². The van der Waals surface area contributed by atoms with Crippen molar-refractivity contribution in [1.29, 1.82) is 0 Å². The third kappa shape index (κ3) is 2.61. The third-order valence-corrected chi connectivity index (χ3v) is 6.65. The van der Waals surface area contributed by atoms with E-state index in [4.69, 9.17) is 9.72 Å². The number of methoxy groups -OCH3 is 1. The topological polar surface area (TPSA) is 37.9 Å². The van der Waals surface area contributed by atoms with Crippen molar-refractivity contribution in [2.75, 3.05) is 7.11 Å². The number of hydrogen-bond acceptors (Lipinski definition) is 3. The summed E-state index contributed by atoms with van der Waals surface area (Å²) in [5, 5.41) is 3.45. The molecule has 0 bridgehead atoms. The summed E-state index contributed by atoms with van der Waals surface area (Å²) in [6.45, 7) is 0. The highest BCUT2D eigenvalue weighted by Gasteiger charge is 2.15. The molecule has 30 heavy (non-hydrogen) atoms. The van der Waals surface area contributed by atoms with E-state index in [1.54, 1.807) is 18.4 Å². The molecular weight excluding hydrogens is 388 g/mol. The second-order valence-corrected chi connectivity index (χ2v) is 8.33. The molecule has 0 atom stereocenters. The molecule has 0 saturated carbocycles. The van der Waals surface area contributed by atoms with Crippen molar-refractivity contribution in [1.82, 2.24) is 9.97 Å². The van der Waals surface area contributed by atoms with Gasteiger partial charge in [-0.2, -0.15) is 0 Å². The lowest BCUT2D eigenvalue weighted by molar-refractivity contribution is 0.416. The van der Waals surface area contributed by atoms with Crippen LogP contribution in [-0.2, 0) is 0 Å². The van der Waals surface area contributed by atoms with Crippen molar-refractivity contribution in [2.24, 2.45) is 0 Å². The van der Waals surface area contributed by atoms with E-state index in [0.717, 1.165) is 44.0 Å². The lowest BCUT2D eigenvalue weighted by atomic mass is 10.0. The van der Waals surface area contributed by atoms with Gasteiger partial charge >= 0.3 is 0 Å². The summed E-state index contributed by atoms with van der Waals surface area (Å²) in [6, 6.07) is 29.5. The minimum absolute atomic E-state index is 0.833. The molecule has 6 rings (SSSR count). The molecule has 4 heteroatoms. The number of hydrogen-bond donors (Lipinski definition) is 1. The van der Waals surface area contributed by atoms with Crippen LogP contribution in [0, 0.1) is 0 Å². The molecule has 0 radical (unpaired) electrons. The van der Waals surface area contributed by atoms with E-state index in [-0.39, 0.29) is 0 Å². The SMILES string of the molecule is COc1cc(-c2cccc3c2[nH]c2ccccc23)ccc1-c1nc2ccccc2s1. The van der Waals surface area contributed by atoms with E-state index >= 15 is 0 Å². The summed E-state index contributed by atoms with van der Waals surface area (Å²) in [5.74, 6) is 0.833. The lowest BCUT2D eigenvalue weighted by Crippen LogP contribution is -1.89. The minimum Gasteiger partial charge on any atom is -0.496 e. The molecular formula is C26H18N2OS. The molecule has 3 nitrogen and oxygen atoms in total. The second-order valence-electron chi connectivity index (χ2n) is 7.30. The summed E-state index contributed by atoms with van der Waals surface area (Å²) in [4.78, 5) is 8.40. The Labute approximate surface area is 177 Å². The Morgan fingerprint density at radius 1 is 0.800 bits per heavy atom. The fourth-order valence-electron chi connectivity index (χ4n) is 4.14. The number of H-pyrrole nitrogens is 1. The molecule has 4 aromatic carbocycles. The van der Waals surface area contributed by atoms with Crippen LogP contribution in [0.5, 0.6) is 5.75 Å². The molecule has 0 fully saturated rings. The van der Waals surface area contributed by atoms with Crippen LogP contribution in [-0.4, -0.2) is 17.1 Å². The van der Waals surface area contributed by atoms with Crippen LogP contribution in [0.15, 0.2) is 84.9 Å². The van der Waals surface area contributed by atoms with Crippen LogP contribution < -0.4 is 4.74 Å². The zero-order chi connectivity index (χ0) is 20.1. The molecule has 0 aliphatic heterocycles. The van der Waals surface area contributed by atoms with Gasteiger partial charge in [0.1, 0.15) is 10.8 Å². The van der Waals surface area contributed by atoms with Crippen molar-refractivity contribution >= 4 is 43.4 Å². The molecule has 1 N–H and O–H groups in total.